The van der Waals surface area contributed by atoms with Crippen molar-refractivity contribution in [3.05, 3.63) is 59.9 Å². The van der Waals surface area contributed by atoms with Crippen LogP contribution in [0.4, 0.5) is 0 Å². The van der Waals surface area contributed by atoms with Gasteiger partial charge >= 0.3 is 0 Å². The van der Waals surface area contributed by atoms with Gasteiger partial charge < -0.3 is 10.1 Å². The summed E-state index contributed by atoms with van der Waals surface area (Å²) in [7, 11) is 1.70. The van der Waals surface area contributed by atoms with E-state index in [0.29, 0.717) is 0 Å². The van der Waals surface area contributed by atoms with Gasteiger partial charge in [-0.3, -0.25) is 4.98 Å². The molecule has 0 radical (unpaired) electrons. The number of aromatic nitrogens is 1. The van der Waals surface area contributed by atoms with Crippen LogP contribution in [0.5, 0.6) is 5.75 Å². The number of pyridine rings is 1. The molecule has 0 aliphatic rings. The lowest BCUT2D eigenvalue weighted by Gasteiger charge is -2.20. The SMILES string of the molecule is CCCNC(CCc1ccccc1)c1ncccc1OC. The first-order valence-electron chi connectivity index (χ1n) is 7.61. The quantitative estimate of drug-likeness (QED) is 0.801. The second-order valence-electron chi connectivity index (χ2n) is 5.12. The molecule has 1 aromatic heterocycles. The summed E-state index contributed by atoms with van der Waals surface area (Å²) in [6, 6.07) is 14.7. The van der Waals surface area contributed by atoms with Gasteiger partial charge in [-0.2, -0.15) is 0 Å². The zero-order chi connectivity index (χ0) is 14.9. The van der Waals surface area contributed by atoms with E-state index in [9.17, 15) is 0 Å². The Morgan fingerprint density at radius 3 is 2.67 bits per heavy atom. The van der Waals surface area contributed by atoms with Gasteiger partial charge in [0.1, 0.15) is 5.75 Å². The van der Waals surface area contributed by atoms with Gasteiger partial charge in [0.15, 0.2) is 0 Å². The molecule has 0 aliphatic carbocycles. The number of nitrogens with zero attached hydrogens (tertiary/aromatic N) is 1. The molecular weight excluding hydrogens is 260 g/mol. The lowest BCUT2D eigenvalue weighted by atomic mass is 10.0. The van der Waals surface area contributed by atoms with Crippen LogP contribution < -0.4 is 10.1 Å². The second kappa shape index (κ2) is 8.42. The zero-order valence-corrected chi connectivity index (χ0v) is 12.9. The first-order chi connectivity index (χ1) is 10.3. The number of rotatable bonds is 8. The first-order valence-corrected chi connectivity index (χ1v) is 7.61. The highest BCUT2D eigenvalue weighted by molar-refractivity contribution is 5.29. The molecule has 0 aliphatic heterocycles. The summed E-state index contributed by atoms with van der Waals surface area (Å²) in [6.45, 7) is 3.16. The average molecular weight is 284 g/mol. The Kier molecular flexibility index (Phi) is 6.22. The van der Waals surface area contributed by atoms with E-state index >= 15 is 0 Å². The lowest BCUT2D eigenvalue weighted by molar-refractivity contribution is 0.389. The van der Waals surface area contributed by atoms with E-state index in [1.807, 2.05) is 18.3 Å². The van der Waals surface area contributed by atoms with E-state index in [4.69, 9.17) is 4.74 Å². The zero-order valence-electron chi connectivity index (χ0n) is 12.9. The molecule has 0 amide bonds. The third kappa shape index (κ3) is 4.57. The molecule has 112 valence electrons. The minimum atomic E-state index is 0.223. The fourth-order valence-corrected chi connectivity index (χ4v) is 2.45. The van der Waals surface area contributed by atoms with Crippen molar-refractivity contribution in [3.8, 4) is 5.75 Å². The number of nitrogens with one attached hydrogen (secondary N) is 1. The summed E-state index contributed by atoms with van der Waals surface area (Å²) in [6.07, 6.45) is 4.98. The summed E-state index contributed by atoms with van der Waals surface area (Å²) in [5, 5.41) is 3.59. The van der Waals surface area contributed by atoms with E-state index in [-0.39, 0.29) is 6.04 Å². The third-order valence-corrected chi connectivity index (χ3v) is 3.55. The van der Waals surface area contributed by atoms with Crippen LogP contribution in [0.15, 0.2) is 48.7 Å². The van der Waals surface area contributed by atoms with Gasteiger partial charge in [0.05, 0.1) is 18.8 Å². The summed E-state index contributed by atoms with van der Waals surface area (Å²) >= 11 is 0. The topological polar surface area (TPSA) is 34.2 Å². The van der Waals surface area contributed by atoms with Crippen LogP contribution in [-0.4, -0.2) is 18.6 Å². The van der Waals surface area contributed by atoms with Crippen molar-refractivity contribution in [1.29, 1.82) is 0 Å². The van der Waals surface area contributed by atoms with Crippen molar-refractivity contribution in [2.75, 3.05) is 13.7 Å². The van der Waals surface area contributed by atoms with Gasteiger partial charge in [0.25, 0.3) is 0 Å². The molecule has 0 saturated heterocycles. The largest absolute Gasteiger partial charge is 0.495 e. The highest BCUT2D eigenvalue weighted by Gasteiger charge is 2.16. The van der Waals surface area contributed by atoms with E-state index < -0.39 is 0 Å². The van der Waals surface area contributed by atoms with E-state index in [1.54, 1.807) is 7.11 Å². The molecule has 2 aromatic rings. The van der Waals surface area contributed by atoms with Gasteiger partial charge in [0, 0.05) is 6.20 Å². The number of ether oxygens (including phenoxy) is 1. The van der Waals surface area contributed by atoms with Crippen molar-refractivity contribution < 1.29 is 4.74 Å². The van der Waals surface area contributed by atoms with Crippen molar-refractivity contribution in [2.45, 2.75) is 32.2 Å². The second-order valence-corrected chi connectivity index (χ2v) is 5.12. The Hall–Kier alpha value is -1.87. The van der Waals surface area contributed by atoms with E-state index in [0.717, 1.165) is 37.3 Å². The number of benzene rings is 1. The summed E-state index contributed by atoms with van der Waals surface area (Å²) in [5.74, 6) is 0.860. The molecule has 0 fully saturated rings. The maximum Gasteiger partial charge on any atom is 0.141 e. The fraction of sp³-hybridized carbons (Fsp3) is 0.389. The van der Waals surface area contributed by atoms with Crippen LogP contribution in [0.25, 0.3) is 0 Å². The van der Waals surface area contributed by atoms with Crippen LogP contribution in [0.1, 0.15) is 37.1 Å². The van der Waals surface area contributed by atoms with Crippen LogP contribution in [0, 0.1) is 0 Å². The molecule has 1 aromatic carbocycles. The molecule has 3 heteroatoms. The highest BCUT2D eigenvalue weighted by atomic mass is 16.5. The van der Waals surface area contributed by atoms with Crippen LogP contribution in [0.2, 0.25) is 0 Å². The Labute approximate surface area is 127 Å². The van der Waals surface area contributed by atoms with Gasteiger partial charge in [0.2, 0.25) is 0 Å². The number of hydrogen-bond donors (Lipinski definition) is 1. The molecule has 3 nitrogen and oxygen atoms in total. The standard InChI is InChI=1S/C18H24N2O/c1-3-13-19-16(12-11-15-8-5-4-6-9-15)18-17(21-2)10-7-14-20-18/h4-10,14,16,19H,3,11-13H2,1-2H3. The fourth-order valence-electron chi connectivity index (χ4n) is 2.45. The monoisotopic (exact) mass is 284 g/mol. The summed E-state index contributed by atoms with van der Waals surface area (Å²) < 4.78 is 5.46. The molecule has 1 heterocycles. The number of hydrogen-bond acceptors (Lipinski definition) is 3. The predicted octanol–water partition coefficient (Wildman–Crippen LogP) is 3.76. The van der Waals surface area contributed by atoms with Crippen LogP contribution in [0.3, 0.4) is 0 Å². The van der Waals surface area contributed by atoms with Crippen molar-refractivity contribution in [3.63, 3.8) is 0 Å². The Bertz CT molecular complexity index is 528. The predicted molar refractivity (Wildman–Crippen MR) is 86.6 cm³/mol. The summed E-state index contributed by atoms with van der Waals surface area (Å²) in [4.78, 5) is 4.53. The Balaban J connectivity index is 2.10. The van der Waals surface area contributed by atoms with Gasteiger partial charge in [-0.1, -0.05) is 37.3 Å². The first kappa shape index (κ1) is 15.5. The number of methoxy groups -OCH3 is 1. The maximum atomic E-state index is 5.46. The summed E-state index contributed by atoms with van der Waals surface area (Å²) in [5.41, 5.74) is 2.36. The van der Waals surface area contributed by atoms with E-state index in [2.05, 4.69) is 47.6 Å². The minimum Gasteiger partial charge on any atom is -0.495 e. The van der Waals surface area contributed by atoms with E-state index in [1.165, 1.54) is 5.56 Å². The normalized spacial score (nSPS) is 12.1. The van der Waals surface area contributed by atoms with Gasteiger partial charge in [-0.15, -0.1) is 0 Å². The Morgan fingerprint density at radius 1 is 1.14 bits per heavy atom. The third-order valence-electron chi connectivity index (χ3n) is 3.55. The highest BCUT2D eigenvalue weighted by Crippen LogP contribution is 2.26. The lowest BCUT2D eigenvalue weighted by Crippen LogP contribution is -2.24. The molecule has 21 heavy (non-hydrogen) atoms. The minimum absolute atomic E-state index is 0.223. The molecule has 2 rings (SSSR count). The molecule has 0 bridgehead atoms. The van der Waals surface area contributed by atoms with Crippen LogP contribution in [-0.2, 0) is 6.42 Å². The smallest absolute Gasteiger partial charge is 0.141 e. The van der Waals surface area contributed by atoms with Crippen molar-refractivity contribution >= 4 is 0 Å². The van der Waals surface area contributed by atoms with Crippen molar-refractivity contribution in [1.82, 2.24) is 10.3 Å². The van der Waals surface area contributed by atoms with Gasteiger partial charge in [-0.05, 0) is 43.5 Å². The number of aryl methyl sites for hydroxylation is 1. The van der Waals surface area contributed by atoms with Gasteiger partial charge in [-0.25, -0.2) is 0 Å². The van der Waals surface area contributed by atoms with Crippen molar-refractivity contribution in [2.24, 2.45) is 0 Å². The maximum absolute atomic E-state index is 5.46. The molecule has 0 spiro atoms. The Morgan fingerprint density at radius 2 is 1.95 bits per heavy atom. The van der Waals surface area contributed by atoms with Crippen LogP contribution >= 0.6 is 0 Å². The molecular formula is C18H24N2O. The molecule has 1 atom stereocenters. The molecule has 1 unspecified atom stereocenters. The average Bonchev–Trinajstić information content (AvgIpc) is 2.56. The molecule has 1 N–H and O–H groups in total. The molecule has 0 saturated carbocycles.